The quantitative estimate of drug-likeness (QED) is 0.687. The molecule has 4 heteroatoms. The van der Waals surface area contributed by atoms with Crippen molar-refractivity contribution in [1.29, 1.82) is 0 Å². The van der Waals surface area contributed by atoms with Gasteiger partial charge in [0.05, 0.1) is 0 Å². The van der Waals surface area contributed by atoms with Crippen LogP contribution in [0.5, 0.6) is 0 Å². The summed E-state index contributed by atoms with van der Waals surface area (Å²) in [6, 6.07) is 11.6. The highest BCUT2D eigenvalue weighted by atomic mass is 79.9. The number of nitrogens with zero attached hydrogens (tertiary/aromatic N) is 1. The summed E-state index contributed by atoms with van der Waals surface area (Å²) in [5.74, 6) is 0.596. The number of anilines is 1. The minimum absolute atomic E-state index is 0.596. The van der Waals surface area contributed by atoms with Crippen LogP contribution in [0.1, 0.15) is 5.56 Å². The van der Waals surface area contributed by atoms with E-state index in [-0.39, 0.29) is 0 Å². The van der Waals surface area contributed by atoms with Crippen molar-refractivity contribution in [3.05, 3.63) is 46.4 Å². The second-order valence-corrected chi connectivity index (χ2v) is 5.03. The third kappa shape index (κ3) is 1.78. The van der Waals surface area contributed by atoms with Gasteiger partial charge in [-0.25, -0.2) is 4.98 Å². The molecule has 0 aliphatic heterocycles. The molecule has 3 rings (SSSR count). The lowest BCUT2D eigenvalue weighted by atomic mass is 10.2. The van der Waals surface area contributed by atoms with Gasteiger partial charge in [-0.1, -0.05) is 12.1 Å². The number of nitrogens with two attached hydrogens (primary N) is 1. The van der Waals surface area contributed by atoms with Crippen LogP contribution in [0.2, 0.25) is 0 Å². The number of nitrogen functional groups attached to an aromatic ring is 1. The summed E-state index contributed by atoms with van der Waals surface area (Å²) in [6.45, 7) is 2.01. The molecule has 0 spiro atoms. The summed E-state index contributed by atoms with van der Waals surface area (Å²) in [6.07, 6.45) is 0. The first-order valence-corrected chi connectivity index (χ1v) is 6.36. The third-order valence-electron chi connectivity index (χ3n) is 2.85. The van der Waals surface area contributed by atoms with E-state index in [1.807, 2.05) is 43.3 Å². The SMILES string of the molecule is Cc1cccc2nc(-c3ccc(Br)c(N)c3)oc12. The van der Waals surface area contributed by atoms with E-state index in [0.29, 0.717) is 11.6 Å². The number of rotatable bonds is 1. The second-order valence-electron chi connectivity index (χ2n) is 4.18. The Hall–Kier alpha value is -1.81. The number of hydrogen-bond donors (Lipinski definition) is 1. The van der Waals surface area contributed by atoms with E-state index < -0.39 is 0 Å². The third-order valence-corrected chi connectivity index (χ3v) is 3.58. The number of aryl methyl sites for hydroxylation is 1. The molecular weight excluding hydrogens is 292 g/mol. The first kappa shape index (κ1) is 11.3. The normalized spacial score (nSPS) is 11.0. The molecule has 1 aromatic heterocycles. The molecule has 0 unspecified atom stereocenters. The fourth-order valence-electron chi connectivity index (χ4n) is 1.89. The number of halogens is 1. The average Bonchev–Trinajstić information content (AvgIpc) is 2.78. The van der Waals surface area contributed by atoms with Crippen LogP contribution in [-0.4, -0.2) is 4.98 Å². The predicted octanol–water partition coefficient (Wildman–Crippen LogP) is 4.15. The second kappa shape index (κ2) is 4.14. The van der Waals surface area contributed by atoms with Crippen LogP contribution in [0.4, 0.5) is 5.69 Å². The van der Waals surface area contributed by atoms with Gasteiger partial charge in [-0.15, -0.1) is 0 Å². The van der Waals surface area contributed by atoms with Crippen LogP contribution in [0.25, 0.3) is 22.6 Å². The highest BCUT2D eigenvalue weighted by molar-refractivity contribution is 9.10. The van der Waals surface area contributed by atoms with Crippen LogP contribution >= 0.6 is 15.9 Å². The van der Waals surface area contributed by atoms with E-state index in [1.165, 1.54) is 0 Å². The van der Waals surface area contributed by atoms with Crippen LogP contribution in [-0.2, 0) is 0 Å². The van der Waals surface area contributed by atoms with Gasteiger partial charge in [0.2, 0.25) is 5.89 Å². The number of hydrogen-bond acceptors (Lipinski definition) is 3. The monoisotopic (exact) mass is 302 g/mol. The van der Waals surface area contributed by atoms with Crippen molar-refractivity contribution < 1.29 is 4.42 Å². The topological polar surface area (TPSA) is 52.0 Å². The summed E-state index contributed by atoms with van der Waals surface area (Å²) in [7, 11) is 0. The van der Waals surface area contributed by atoms with E-state index in [0.717, 1.165) is 26.7 Å². The highest BCUT2D eigenvalue weighted by Gasteiger charge is 2.10. The molecule has 2 aromatic carbocycles. The minimum Gasteiger partial charge on any atom is -0.436 e. The zero-order valence-electron chi connectivity index (χ0n) is 9.77. The van der Waals surface area contributed by atoms with Crippen LogP contribution in [0.3, 0.4) is 0 Å². The molecule has 3 aromatic rings. The van der Waals surface area contributed by atoms with Crippen molar-refractivity contribution in [2.24, 2.45) is 0 Å². The van der Waals surface area contributed by atoms with E-state index in [1.54, 1.807) is 0 Å². The van der Waals surface area contributed by atoms with Crippen molar-refractivity contribution in [2.75, 3.05) is 5.73 Å². The maximum absolute atomic E-state index is 5.87. The molecule has 0 aliphatic carbocycles. The molecule has 90 valence electrons. The zero-order valence-corrected chi connectivity index (χ0v) is 11.4. The molecule has 0 saturated heterocycles. The van der Waals surface area contributed by atoms with Gasteiger partial charge < -0.3 is 10.2 Å². The Kier molecular flexibility index (Phi) is 2.59. The summed E-state index contributed by atoms with van der Waals surface area (Å²) >= 11 is 3.37. The van der Waals surface area contributed by atoms with Crippen molar-refractivity contribution in [3.63, 3.8) is 0 Å². The number of benzene rings is 2. The van der Waals surface area contributed by atoms with Crippen molar-refractivity contribution in [1.82, 2.24) is 4.98 Å². The van der Waals surface area contributed by atoms with E-state index in [4.69, 9.17) is 10.2 Å². The lowest BCUT2D eigenvalue weighted by Gasteiger charge is -1.99. The lowest BCUT2D eigenvalue weighted by molar-refractivity contribution is 0.617. The average molecular weight is 303 g/mol. The first-order valence-electron chi connectivity index (χ1n) is 5.57. The van der Waals surface area contributed by atoms with Gasteiger partial charge in [-0.2, -0.15) is 0 Å². The van der Waals surface area contributed by atoms with Gasteiger partial charge in [-0.3, -0.25) is 0 Å². The van der Waals surface area contributed by atoms with Crippen molar-refractivity contribution in [3.8, 4) is 11.5 Å². The maximum Gasteiger partial charge on any atom is 0.227 e. The fourth-order valence-corrected chi connectivity index (χ4v) is 2.13. The summed E-state index contributed by atoms with van der Waals surface area (Å²) in [4.78, 5) is 4.48. The maximum atomic E-state index is 5.87. The highest BCUT2D eigenvalue weighted by Crippen LogP contribution is 2.29. The summed E-state index contributed by atoms with van der Waals surface area (Å²) in [5, 5.41) is 0. The van der Waals surface area contributed by atoms with Gasteiger partial charge in [-0.05, 0) is 52.7 Å². The number of para-hydroxylation sites is 1. The molecule has 0 radical (unpaired) electrons. The Morgan fingerprint density at radius 1 is 1.22 bits per heavy atom. The van der Waals surface area contributed by atoms with Crippen molar-refractivity contribution in [2.45, 2.75) is 6.92 Å². The molecule has 0 amide bonds. The molecule has 0 atom stereocenters. The Labute approximate surface area is 113 Å². The van der Waals surface area contributed by atoms with E-state index >= 15 is 0 Å². The predicted molar refractivity (Wildman–Crippen MR) is 76.3 cm³/mol. The Morgan fingerprint density at radius 2 is 2.06 bits per heavy atom. The molecule has 0 aliphatic rings. The smallest absolute Gasteiger partial charge is 0.227 e. The summed E-state index contributed by atoms with van der Waals surface area (Å²) < 4.78 is 6.67. The van der Waals surface area contributed by atoms with Gasteiger partial charge in [0.15, 0.2) is 5.58 Å². The number of oxazole rings is 1. The molecule has 18 heavy (non-hydrogen) atoms. The lowest BCUT2D eigenvalue weighted by Crippen LogP contribution is -1.87. The van der Waals surface area contributed by atoms with Crippen molar-refractivity contribution >= 4 is 32.7 Å². The molecule has 0 fully saturated rings. The van der Waals surface area contributed by atoms with Gasteiger partial charge in [0, 0.05) is 15.7 Å². The minimum atomic E-state index is 0.596. The largest absolute Gasteiger partial charge is 0.436 e. The zero-order chi connectivity index (χ0) is 12.7. The molecular formula is C14H11BrN2O. The first-order chi connectivity index (χ1) is 8.65. The van der Waals surface area contributed by atoms with Crippen LogP contribution in [0, 0.1) is 6.92 Å². The van der Waals surface area contributed by atoms with Gasteiger partial charge in [0.25, 0.3) is 0 Å². The van der Waals surface area contributed by atoms with E-state index in [2.05, 4.69) is 20.9 Å². The number of fused-ring (bicyclic) bond motifs is 1. The Bertz CT molecular complexity index is 734. The van der Waals surface area contributed by atoms with Gasteiger partial charge in [0.1, 0.15) is 5.52 Å². The molecule has 3 nitrogen and oxygen atoms in total. The molecule has 2 N–H and O–H groups in total. The van der Waals surface area contributed by atoms with Crippen LogP contribution < -0.4 is 5.73 Å². The van der Waals surface area contributed by atoms with E-state index in [9.17, 15) is 0 Å². The standard InChI is InChI=1S/C14H11BrN2O/c1-8-3-2-4-12-13(8)18-14(17-12)9-5-6-10(15)11(16)7-9/h2-7H,16H2,1H3. The Morgan fingerprint density at radius 3 is 2.78 bits per heavy atom. The van der Waals surface area contributed by atoms with Crippen LogP contribution in [0.15, 0.2) is 45.3 Å². The van der Waals surface area contributed by atoms with Gasteiger partial charge >= 0.3 is 0 Å². The molecule has 0 saturated carbocycles. The fraction of sp³-hybridized carbons (Fsp3) is 0.0714. The summed E-state index contributed by atoms with van der Waals surface area (Å²) in [5.41, 5.74) is 10.2. The molecule has 0 bridgehead atoms. The Balaban J connectivity index is 2.19. The number of aromatic nitrogens is 1. The molecule has 1 heterocycles.